The monoisotopic (exact) mass is 283 g/mol. The Balaban J connectivity index is 1.43. The minimum absolute atomic E-state index is 0.0125. The molecule has 3 N–H and O–H groups in total. The van der Waals surface area contributed by atoms with Crippen LogP contribution in [0.25, 0.3) is 0 Å². The maximum Gasteiger partial charge on any atom is 0.317 e. The fourth-order valence-corrected chi connectivity index (χ4v) is 3.73. The second kappa shape index (κ2) is 4.86. The predicted octanol–water partition coefficient (Wildman–Crippen LogP) is 2.18. The number of hydrogen-bond donors (Lipinski definition) is 2. The first-order chi connectivity index (χ1) is 9.40. The van der Waals surface area contributed by atoms with Crippen molar-refractivity contribution in [1.82, 2.24) is 10.2 Å². The molecule has 1 heterocycles. The second-order valence-electron chi connectivity index (χ2n) is 7.30. The molecule has 0 aromatic heterocycles. The molecule has 1 saturated heterocycles. The maximum absolute atomic E-state index is 13.7. The Morgan fingerprint density at radius 2 is 1.80 bits per heavy atom. The van der Waals surface area contributed by atoms with Crippen molar-refractivity contribution in [1.29, 1.82) is 0 Å². The van der Waals surface area contributed by atoms with Crippen LogP contribution in [0.15, 0.2) is 0 Å². The third-order valence-electron chi connectivity index (χ3n) is 5.66. The molecule has 0 aromatic rings. The second-order valence-corrected chi connectivity index (χ2v) is 7.30. The number of nitrogens with zero attached hydrogens (tertiary/aromatic N) is 1. The summed E-state index contributed by atoms with van der Waals surface area (Å²) in [6.07, 6.45) is 6.41. The number of halogens is 1. The first-order valence-electron chi connectivity index (χ1n) is 7.90. The smallest absolute Gasteiger partial charge is 0.317 e. The fourth-order valence-electron chi connectivity index (χ4n) is 3.73. The van der Waals surface area contributed by atoms with E-state index >= 15 is 0 Å². The molecule has 0 radical (unpaired) electrons. The Labute approximate surface area is 120 Å². The third kappa shape index (κ3) is 2.78. The van der Waals surface area contributed by atoms with Gasteiger partial charge in [0.15, 0.2) is 0 Å². The van der Waals surface area contributed by atoms with Crippen LogP contribution in [0.1, 0.15) is 51.9 Å². The highest BCUT2D eigenvalue weighted by Crippen LogP contribution is 2.55. The quantitative estimate of drug-likeness (QED) is 0.775. The Bertz CT molecular complexity index is 381. The van der Waals surface area contributed by atoms with Crippen LogP contribution in [0, 0.1) is 5.41 Å². The SMILES string of the molecule is CC1(F)CCN(C(=O)NC2CCC3(CC2)CC3N)CC1. The minimum atomic E-state index is -1.10. The molecule has 1 atom stereocenters. The van der Waals surface area contributed by atoms with Crippen molar-refractivity contribution in [3.8, 4) is 0 Å². The molecule has 2 amide bonds. The van der Waals surface area contributed by atoms with Gasteiger partial charge in [-0.1, -0.05) is 0 Å². The molecular weight excluding hydrogens is 257 g/mol. The largest absolute Gasteiger partial charge is 0.335 e. The molecule has 2 aliphatic carbocycles. The fraction of sp³-hybridized carbons (Fsp3) is 0.933. The van der Waals surface area contributed by atoms with E-state index in [0.717, 1.165) is 32.1 Å². The zero-order valence-corrected chi connectivity index (χ0v) is 12.3. The summed E-state index contributed by atoms with van der Waals surface area (Å²) in [7, 11) is 0. The summed E-state index contributed by atoms with van der Waals surface area (Å²) >= 11 is 0. The molecule has 4 nitrogen and oxygen atoms in total. The van der Waals surface area contributed by atoms with Gasteiger partial charge in [-0.15, -0.1) is 0 Å². The summed E-state index contributed by atoms with van der Waals surface area (Å²) < 4.78 is 13.7. The molecule has 0 aromatic carbocycles. The highest BCUT2D eigenvalue weighted by Gasteiger charge is 2.52. The number of rotatable bonds is 1. The van der Waals surface area contributed by atoms with Crippen molar-refractivity contribution in [3.63, 3.8) is 0 Å². The van der Waals surface area contributed by atoms with Gasteiger partial charge in [-0.3, -0.25) is 0 Å². The Morgan fingerprint density at radius 3 is 2.30 bits per heavy atom. The topological polar surface area (TPSA) is 58.4 Å². The van der Waals surface area contributed by atoms with E-state index in [1.54, 1.807) is 11.8 Å². The number of likely N-dealkylation sites (tertiary alicyclic amines) is 1. The molecule has 0 bridgehead atoms. The molecule has 114 valence electrons. The van der Waals surface area contributed by atoms with Gasteiger partial charge in [0.1, 0.15) is 5.67 Å². The lowest BCUT2D eigenvalue weighted by atomic mass is 9.83. The lowest BCUT2D eigenvalue weighted by molar-refractivity contribution is 0.0853. The van der Waals surface area contributed by atoms with E-state index in [2.05, 4.69) is 5.32 Å². The number of nitrogens with two attached hydrogens (primary N) is 1. The summed E-state index contributed by atoms with van der Waals surface area (Å²) in [5.74, 6) is 0. The molecule has 3 aliphatic rings. The van der Waals surface area contributed by atoms with Crippen LogP contribution in [-0.4, -0.2) is 41.8 Å². The van der Waals surface area contributed by atoms with E-state index in [4.69, 9.17) is 5.73 Å². The number of alkyl halides is 1. The average Bonchev–Trinajstić information content (AvgIpc) is 3.02. The first kappa shape index (κ1) is 14.1. The maximum atomic E-state index is 13.7. The highest BCUT2D eigenvalue weighted by atomic mass is 19.1. The summed E-state index contributed by atoms with van der Waals surface area (Å²) in [4.78, 5) is 13.9. The van der Waals surface area contributed by atoms with E-state index < -0.39 is 5.67 Å². The lowest BCUT2D eigenvalue weighted by Crippen LogP contribution is -2.50. The molecule has 1 spiro atoms. The van der Waals surface area contributed by atoms with Crippen molar-refractivity contribution in [2.24, 2.45) is 11.1 Å². The van der Waals surface area contributed by atoms with Crippen molar-refractivity contribution in [3.05, 3.63) is 0 Å². The molecule has 2 saturated carbocycles. The van der Waals surface area contributed by atoms with Crippen LogP contribution < -0.4 is 11.1 Å². The molecule has 3 fully saturated rings. The van der Waals surface area contributed by atoms with Crippen LogP contribution in [-0.2, 0) is 0 Å². The van der Waals surface area contributed by atoms with Crippen molar-refractivity contribution in [2.75, 3.05) is 13.1 Å². The zero-order chi connectivity index (χ0) is 14.4. The lowest BCUT2D eigenvalue weighted by Gasteiger charge is -2.36. The van der Waals surface area contributed by atoms with E-state index in [-0.39, 0.29) is 12.1 Å². The van der Waals surface area contributed by atoms with Gasteiger partial charge in [0.2, 0.25) is 0 Å². The Hall–Kier alpha value is -0.840. The van der Waals surface area contributed by atoms with Gasteiger partial charge in [-0.25, -0.2) is 9.18 Å². The number of urea groups is 1. The third-order valence-corrected chi connectivity index (χ3v) is 5.66. The highest BCUT2D eigenvalue weighted by molar-refractivity contribution is 5.74. The van der Waals surface area contributed by atoms with E-state index in [1.807, 2.05) is 0 Å². The van der Waals surface area contributed by atoms with E-state index in [0.29, 0.717) is 37.4 Å². The van der Waals surface area contributed by atoms with Gasteiger partial charge in [-0.05, 0) is 57.3 Å². The standard InChI is InChI=1S/C15H26FN3O/c1-14(16)6-8-19(9-7-14)13(20)18-11-2-4-15(5-3-11)10-12(15)17/h11-12H,2-10,17H2,1H3,(H,18,20). The number of nitrogens with one attached hydrogen (secondary N) is 1. The van der Waals surface area contributed by atoms with Crippen molar-refractivity contribution >= 4 is 6.03 Å². The molecule has 5 heteroatoms. The minimum Gasteiger partial charge on any atom is -0.335 e. The molecule has 20 heavy (non-hydrogen) atoms. The number of piperidine rings is 1. The van der Waals surface area contributed by atoms with Gasteiger partial charge >= 0.3 is 6.03 Å². The van der Waals surface area contributed by atoms with Crippen LogP contribution >= 0.6 is 0 Å². The summed E-state index contributed by atoms with van der Waals surface area (Å²) in [6, 6.07) is 0.657. The van der Waals surface area contributed by atoms with Gasteiger partial charge in [-0.2, -0.15) is 0 Å². The first-order valence-corrected chi connectivity index (χ1v) is 7.90. The van der Waals surface area contributed by atoms with Crippen molar-refractivity contribution < 1.29 is 9.18 Å². The van der Waals surface area contributed by atoms with Crippen LogP contribution in [0.5, 0.6) is 0 Å². The van der Waals surface area contributed by atoms with E-state index in [1.165, 1.54) is 0 Å². The normalized spacial score (nSPS) is 39.6. The molecular formula is C15H26FN3O. The molecule has 1 aliphatic heterocycles. The number of carbonyl (C=O) groups excluding carboxylic acids is 1. The Morgan fingerprint density at radius 1 is 1.25 bits per heavy atom. The van der Waals surface area contributed by atoms with Gasteiger partial charge in [0, 0.05) is 25.2 Å². The van der Waals surface area contributed by atoms with Gasteiger partial charge < -0.3 is 16.0 Å². The predicted molar refractivity (Wildman–Crippen MR) is 76.1 cm³/mol. The number of hydrogen-bond acceptors (Lipinski definition) is 2. The molecule has 3 rings (SSSR count). The zero-order valence-electron chi connectivity index (χ0n) is 12.3. The van der Waals surface area contributed by atoms with E-state index in [9.17, 15) is 9.18 Å². The van der Waals surface area contributed by atoms with Gasteiger partial charge in [0.25, 0.3) is 0 Å². The van der Waals surface area contributed by atoms with Crippen LogP contribution in [0.3, 0.4) is 0 Å². The van der Waals surface area contributed by atoms with Crippen LogP contribution in [0.4, 0.5) is 9.18 Å². The molecule has 1 unspecified atom stereocenters. The van der Waals surface area contributed by atoms with Gasteiger partial charge in [0.05, 0.1) is 0 Å². The summed E-state index contributed by atoms with van der Waals surface area (Å²) in [5, 5.41) is 3.12. The van der Waals surface area contributed by atoms with Crippen molar-refractivity contribution in [2.45, 2.75) is 69.6 Å². The summed E-state index contributed by atoms with van der Waals surface area (Å²) in [6.45, 7) is 2.68. The summed E-state index contributed by atoms with van der Waals surface area (Å²) in [5.41, 5.74) is 5.29. The number of carbonyl (C=O) groups is 1. The number of amides is 2. The average molecular weight is 283 g/mol. The van der Waals surface area contributed by atoms with Crippen LogP contribution in [0.2, 0.25) is 0 Å². The Kier molecular flexibility index (Phi) is 3.43.